The highest BCUT2D eigenvalue weighted by atomic mass is 16.5. The summed E-state index contributed by atoms with van der Waals surface area (Å²) in [5.41, 5.74) is 0. The molecule has 0 radical (unpaired) electrons. The van der Waals surface area contributed by atoms with Gasteiger partial charge >= 0.3 is 0 Å². The third-order valence-corrected chi connectivity index (χ3v) is 2.18. The lowest BCUT2D eigenvalue weighted by molar-refractivity contribution is 0.0955. The molecule has 0 aromatic heterocycles. The Bertz CT molecular complexity index is 150. The van der Waals surface area contributed by atoms with Gasteiger partial charge in [0.05, 0.1) is 24.3 Å². The van der Waals surface area contributed by atoms with Gasteiger partial charge < -0.3 is 10.1 Å². The zero-order valence-electron chi connectivity index (χ0n) is 4.37. The average molecular weight is 109 g/mol. The van der Waals surface area contributed by atoms with Gasteiger partial charge in [0, 0.05) is 0 Å². The van der Waals surface area contributed by atoms with Crippen LogP contribution >= 0.6 is 0 Å². The van der Waals surface area contributed by atoms with Gasteiger partial charge in [-0.3, -0.25) is 0 Å². The Hall–Kier alpha value is -0.340. The molecule has 4 atom stereocenters. The molecule has 42 valence electrons. The normalized spacial score (nSPS) is 64.0. The molecule has 0 unspecified atom stereocenters. The molecule has 2 saturated heterocycles. The summed E-state index contributed by atoms with van der Waals surface area (Å²) in [6, 6.07) is 1.37. The van der Waals surface area contributed by atoms with E-state index in [-0.39, 0.29) is 0 Å². The fourth-order valence-corrected chi connectivity index (χ4v) is 1.66. The van der Waals surface area contributed by atoms with Crippen LogP contribution in [0.1, 0.15) is 0 Å². The largest absolute Gasteiger partial charge is 0.363 e. The molecule has 3 heterocycles. The van der Waals surface area contributed by atoms with E-state index in [1.165, 1.54) is 0 Å². The first kappa shape index (κ1) is 3.64. The Morgan fingerprint density at radius 3 is 2.12 bits per heavy atom. The summed E-state index contributed by atoms with van der Waals surface area (Å²) in [4.78, 5) is 0. The van der Waals surface area contributed by atoms with Gasteiger partial charge in [-0.2, -0.15) is 0 Å². The van der Waals surface area contributed by atoms with Gasteiger partial charge in [-0.1, -0.05) is 12.2 Å². The molecule has 0 amide bonds. The number of nitrogens with one attached hydrogen (secondary N) is 1. The molecule has 2 heteroatoms. The third kappa shape index (κ3) is 0.239. The molecule has 2 bridgehead atoms. The van der Waals surface area contributed by atoms with Gasteiger partial charge in [-0.25, -0.2) is 0 Å². The third-order valence-electron chi connectivity index (χ3n) is 2.18. The van der Waals surface area contributed by atoms with Crippen LogP contribution in [0, 0.1) is 0 Å². The van der Waals surface area contributed by atoms with Crippen molar-refractivity contribution in [2.24, 2.45) is 0 Å². The molecule has 2 fully saturated rings. The second-order valence-electron chi connectivity index (χ2n) is 2.67. The van der Waals surface area contributed by atoms with E-state index in [1.807, 2.05) is 0 Å². The van der Waals surface area contributed by atoms with E-state index in [0.29, 0.717) is 24.3 Å². The highest BCUT2D eigenvalue weighted by Crippen LogP contribution is 2.37. The molecule has 0 saturated carbocycles. The molecule has 0 aromatic carbocycles. The van der Waals surface area contributed by atoms with Crippen molar-refractivity contribution in [3.8, 4) is 0 Å². The maximum atomic E-state index is 5.46. The monoisotopic (exact) mass is 109 g/mol. The van der Waals surface area contributed by atoms with Crippen LogP contribution < -0.4 is 5.32 Å². The highest BCUT2D eigenvalue weighted by Gasteiger charge is 2.56. The van der Waals surface area contributed by atoms with Crippen molar-refractivity contribution in [1.29, 1.82) is 0 Å². The lowest BCUT2D eigenvalue weighted by Gasteiger charge is -2.02. The summed E-state index contributed by atoms with van der Waals surface area (Å²) < 4.78 is 5.46. The number of fused-ring (bicyclic) bond motifs is 5. The number of ether oxygens (including phenoxy) is 1. The zero-order chi connectivity index (χ0) is 5.14. The summed E-state index contributed by atoms with van der Waals surface area (Å²) in [5.74, 6) is 0. The Morgan fingerprint density at radius 1 is 1.12 bits per heavy atom. The Morgan fingerprint density at radius 2 is 1.75 bits per heavy atom. The molecule has 1 N–H and O–H groups in total. The quantitative estimate of drug-likeness (QED) is 0.341. The summed E-state index contributed by atoms with van der Waals surface area (Å²) in [6.07, 6.45) is 5.16. The van der Waals surface area contributed by atoms with Gasteiger partial charge in [-0.15, -0.1) is 0 Å². The van der Waals surface area contributed by atoms with Crippen LogP contribution in [-0.4, -0.2) is 24.3 Å². The molecule has 3 rings (SSSR count). The predicted octanol–water partition coefficient (Wildman–Crippen LogP) is -0.336. The number of morpholine rings is 1. The van der Waals surface area contributed by atoms with Gasteiger partial charge in [0.25, 0.3) is 0 Å². The highest BCUT2D eigenvalue weighted by molar-refractivity contribution is 5.28. The molecular weight excluding hydrogens is 102 g/mol. The van der Waals surface area contributed by atoms with E-state index < -0.39 is 0 Å². The lowest BCUT2D eigenvalue weighted by Crippen LogP contribution is -2.15. The van der Waals surface area contributed by atoms with E-state index in [9.17, 15) is 0 Å². The molecule has 2 nitrogen and oxygen atoms in total. The Balaban J connectivity index is 2.12. The fourth-order valence-electron chi connectivity index (χ4n) is 1.66. The van der Waals surface area contributed by atoms with Crippen LogP contribution in [0.4, 0.5) is 0 Å². The summed E-state index contributed by atoms with van der Waals surface area (Å²) in [6.45, 7) is 0. The van der Waals surface area contributed by atoms with Crippen molar-refractivity contribution in [2.75, 3.05) is 0 Å². The first-order valence-electron chi connectivity index (χ1n) is 3.05. The molecule has 0 spiro atoms. The van der Waals surface area contributed by atoms with Crippen LogP contribution in [0.2, 0.25) is 0 Å². The van der Waals surface area contributed by atoms with E-state index >= 15 is 0 Å². The number of rotatable bonds is 0. The van der Waals surface area contributed by atoms with Gasteiger partial charge in [0.1, 0.15) is 0 Å². The number of hydrogen-bond acceptors (Lipinski definition) is 2. The maximum absolute atomic E-state index is 5.46. The second kappa shape index (κ2) is 0.870. The van der Waals surface area contributed by atoms with E-state index in [4.69, 9.17) is 4.74 Å². The molecule has 8 heavy (non-hydrogen) atoms. The van der Waals surface area contributed by atoms with Crippen LogP contribution in [0.15, 0.2) is 12.2 Å². The fraction of sp³-hybridized carbons (Fsp3) is 0.667. The van der Waals surface area contributed by atoms with Gasteiger partial charge in [0.15, 0.2) is 0 Å². The lowest BCUT2D eigenvalue weighted by atomic mass is 10.1. The smallest absolute Gasteiger partial charge is 0.0935 e. The van der Waals surface area contributed by atoms with Crippen molar-refractivity contribution >= 4 is 0 Å². The summed E-state index contributed by atoms with van der Waals surface area (Å²) in [7, 11) is 0. The minimum absolute atomic E-state index is 0.421. The second-order valence-corrected chi connectivity index (χ2v) is 2.67. The Labute approximate surface area is 47.5 Å². The van der Waals surface area contributed by atoms with Crippen LogP contribution in [0.3, 0.4) is 0 Å². The molecular formula is C6H7NO. The first-order valence-corrected chi connectivity index (χ1v) is 3.05. The van der Waals surface area contributed by atoms with Crippen LogP contribution in [0.5, 0.6) is 0 Å². The topological polar surface area (TPSA) is 31.2 Å². The maximum Gasteiger partial charge on any atom is 0.0935 e. The summed E-state index contributed by atoms with van der Waals surface area (Å²) in [5, 5.41) is 3.34. The molecule has 0 aromatic rings. The first-order chi connectivity index (χ1) is 3.95. The average Bonchev–Trinajstić information content (AvgIpc) is 2.39. The zero-order valence-corrected chi connectivity index (χ0v) is 4.37. The standard InChI is InChI=1S/C6H7NO/c1-2-4-6-5(7-6)3(1)8-4/h1-7H/t3-,4+,5-,6+. The summed E-state index contributed by atoms with van der Waals surface area (Å²) >= 11 is 0. The van der Waals surface area contributed by atoms with Crippen molar-refractivity contribution in [3.05, 3.63) is 12.2 Å². The van der Waals surface area contributed by atoms with E-state index in [0.717, 1.165) is 0 Å². The molecule has 0 aliphatic carbocycles. The van der Waals surface area contributed by atoms with E-state index in [1.54, 1.807) is 0 Å². The van der Waals surface area contributed by atoms with Crippen molar-refractivity contribution in [3.63, 3.8) is 0 Å². The van der Waals surface area contributed by atoms with Crippen molar-refractivity contribution in [2.45, 2.75) is 24.3 Å². The molecule has 3 aliphatic rings. The minimum atomic E-state index is 0.421. The van der Waals surface area contributed by atoms with Crippen molar-refractivity contribution < 1.29 is 4.74 Å². The van der Waals surface area contributed by atoms with Gasteiger partial charge in [-0.05, 0) is 0 Å². The SMILES string of the molecule is C1=C[C@H]2O[C@@H]1[C@@H]1N[C@@H]12. The van der Waals surface area contributed by atoms with Crippen LogP contribution in [-0.2, 0) is 4.74 Å². The van der Waals surface area contributed by atoms with Crippen molar-refractivity contribution in [1.82, 2.24) is 5.32 Å². The number of hydrogen-bond donors (Lipinski definition) is 1. The van der Waals surface area contributed by atoms with Crippen LogP contribution in [0.25, 0.3) is 0 Å². The predicted molar refractivity (Wildman–Crippen MR) is 28.5 cm³/mol. The Kier molecular flexibility index (Phi) is 0.396. The minimum Gasteiger partial charge on any atom is -0.363 e. The van der Waals surface area contributed by atoms with E-state index in [2.05, 4.69) is 17.5 Å². The molecule has 3 aliphatic heterocycles. The van der Waals surface area contributed by atoms with Gasteiger partial charge in [0.2, 0.25) is 0 Å².